The second kappa shape index (κ2) is 10.5. The van der Waals surface area contributed by atoms with Gasteiger partial charge in [0.25, 0.3) is 5.91 Å². The van der Waals surface area contributed by atoms with Gasteiger partial charge < -0.3 is 15.8 Å². The highest BCUT2D eigenvalue weighted by Gasteiger charge is 2.50. The Balaban J connectivity index is 0.00000306. The van der Waals surface area contributed by atoms with Crippen LogP contribution in [0.4, 0.5) is 16.2 Å². The number of anilines is 2. The number of para-hydroxylation sites is 1. The average molecular weight is 466 g/mol. The fourth-order valence-corrected chi connectivity index (χ4v) is 3.86. The van der Waals surface area contributed by atoms with Gasteiger partial charge in [0, 0.05) is 28.4 Å². The third-order valence-corrected chi connectivity index (χ3v) is 5.94. The van der Waals surface area contributed by atoms with Crippen LogP contribution in [0.5, 0.6) is 0 Å². The van der Waals surface area contributed by atoms with Crippen LogP contribution in [0.15, 0.2) is 78.9 Å². The molecule has 2 amide bonds. The topological polar surface area (TPSA) is 93.5 Å². The third kappa shape index (κ3) is 5.92. The third-order valence-electron chi connectivity index (χ3n) is 5.94. The van der Waals surface area contributed by atoms with Crippen molar-refractivity contribution in [2.75, 3.05) is 10.6 Å². The Kier molecular flexibility index (Phi) is 7.74. The maximum atomic E-state index is 12.9. The monoisotopic (exact) mass is 465 g/mol. The molecule has 4 N–H and O–H groups in total. The summed E-state index contributed by atoms with van der Waals surface area (Å²) < 4.78 is 5.24. The Morgan fingerprint density at radius 3 is 2.45 bits per heavy atom. The van der Waals surface area contributed by atoms with Crippen LogP contribution in [0.2, 0.25) is 0 Å². The molecule has 1 aliphatic carbocycles. The number of nitrogens with two attached hydrogens (primary N) is 1. The van der Waals surface area contributed by atoms with Crippen molar-refractivity contribution in [2.24, 2.45) is 5.73 Å². The summed E-state index contributed by atoms with van der Waals surface area (Å²) in [5, 5.41) is 5.67. The van der Waals surface area contributed by atoms with Crippen molar-refractivity contribution >= 4 is 35.8 Å². The van der Waals surface area contributed by atoms with Crippen LogP contribution < -0.4 is 16.4 Å². The molecule has 1 saturated carbocycles. The minimum absolute atomic E-state index is 0. The van der Waals surface area contributed by atoms with Crippen molar-refractivity contribution in [1.82, 2.24) is 0 Å². The maximum absolute atomic E-state index is 12.9. The van der Waals surface area contributed by atoms with Crippen LogP contribution >= 0.6 is 12.4 Å². The lowest BCUT2D eigenvalue weighted by atomic mass is 10.0. The van der Waals surface area contributed by atoms with E-state index < -0.39 is 6.09 Å². The van der Waals surface area contributed by atoms with Crippen molar-refractivity contribution in [2.45, 2.75) is 37.8 Å². The number of rotatable bonds is 7. The summed E-state index contributed by atoms with van der Waals surface area (Å²) in [6, 6.07) is 24.0. The summed E-state index contributed by atoms with van der Waals surface area (Å²) in [7, 11) is 0. The van der Waals surface area contributed by atoms with Gasteiger partial charge in [-0.25, -0.2) is 4.79 Å². The molecule has 0 aliphatic heterocycles. The second-order valence-corrected chi connectivity index (χ2v) is 8.15. The number of carbonyl (C=O) groups is 2. The summed E-state index contributed by atoms with van der Waals surface area (Å²) in [6.07, 6.45) is 1.24. The van der Waals surface area contributed by atoms with Gasteiger partial charge in [0.05, 0.1) is 0 Å². The van der Waals surface area contributed by atoms with Gasteiger partial charge in [0.15, 0.2) is 0 Å². The van der Waals surface area contributed by atoms with E-state index in [1.165, 1.54) is 0 Å². The molecule has 3 aromatic carbocycles. The number of amides is 2. The van der Waals surface area contributed by atoms with Gasteiger partial charge >= 0.3 is 6.09 Å². The standard InChI is InChI=1S/C26H27N3O3.ClH/c1-2-26(27)16-22(26)21-13-6-7-14-23(21)29-24(30)19-11-8-12-20(15-19)28-25(31)32-17-18-9-4-3-5-10-18;/h3-15,22H,2,16-17,27H2,1H3,(H,28,31)(H,29,30);1H/t22-,26-;/m0./s1. The molecule has 6 nitrogen and oxygen atoms in total. The van der Waals surface area contributed by atoms with Crippen molar-refractivity contribution in [3.05, 3.63) is 95.6 Å². The predicted molar refractivity (Wildman–Crippen MR) is 133 cm³/mol. The SMILES string of the molecule is CC[C@]1(N)C[C@H]1c1ccccc1NC(=O)c1cccc(NC(=O)OCc2ccccc2)c1.Cl. The molecule has 3 aromatic rings. The first-order chi connectivity index (χ1) is 15.5. The van der Waals surface area contributed by atoms with Gasteiger partial charge in [-0.3, -0.25) is 10.1 Å². The van der Waals surface area contributed by atoms with E-state index in [-0.39, 0.29) is 36.4 Å². The summed E-state index contributed by atoms with van der Waals surface area (Å²) in [4.78, 5) is 25.0. The van der Waals surface area contributed by atoms with E-state index >= 15 is 0 Å². The molecular formula is C26H28ClN3O3. The molecular weight excluding hydrogens is 438 g/mol. The zero-order valence-electron chi connectivity index (χ0n) is 18.4. The molecule has 2 atom stereocenters. The zero-order chi connectivity index (χ0) is 22.6. The Hall–Kier alpha value is -3.35. The largest absolute Gasteiger partial charge is 0.444 e. The first-order valence-electron chi connectivity index (χ1n) is 10.8. The molecule has 7 heteroatoms. The first kappa shape index (κ1) is 24.3. The van der Waals surface area contributed by atoms with Crippen LogP contribution in [-0.2, 0) is 11.3 Å². The van der Waals surface area contributed by atoms with Crippen molar-refractivity contribution in [3.63, 3.8) is 0 Å². The molecule has 0 saturated heterocycles. The normalized spacial score (nSPS) is 18.5. The van der Waals surface area contributed by atoms with E-state index in [4.69, 9.17) is 10.5 Å². The van der Waals surface area contributed by atoms with Gasteiger partial charge in [-0.15, -0.1) is 12.4 Å². The number of halogens is 1. The van der Waals surface area contributed by atoms with Crippen LogP contribution in [0, 0.1) is 0 Å². The van der Waals surface area contributed by atoms with Crippen LogP contribution in [0.3, 0.4) is 0 Å². The zero-order valence-corrected chi connectivity index (χ0v) is 19.2. The van der Waals surface area contributed by atoms with Gasteiger partial charge in [-0.2, -0.15) is 0 Å². The van der Waals surface area contributed by atoms with Crippen LogP contribution in [0.25, 0.3) is 0 Å². The summed E-state index contributed by atoms with van der Waals surface area (Å²) >= 11 is 0. The Bertz CT molecular complexity index is 1120. The summed E-state index contributed by atoms with van der Waals surface area (Å²) in [5.74, 6) is -0.00471. The minimum Gasteiger partial charge on any atom is -0.444 e. The van der Waals surface area contributed by atoms with E-state index in [0.717, 1.165) is 29.7 Å². The molecule has 0 aromatic heterocycles. The Labute approximate surface area is 199 Å². The fraction of sp³-hybridized carbons (Fsp3) is 0.231. The number of hydrogen-bond acceptors (Lipinski definition) is 4. The summed E-state index contributed by atoms with van der Waals surface area (Å²) in [6.45, 7) is 2.26. The van der Waals surface area contributed by atoms with Gasteiger partial charge in [0.2, 0.25) is 0 Å². The molecule has 0 bridgehead atoms. The number of benzene rings is 3. The van der Waals surface area contributed by atoms with Gasteiger partial charge in [-0.1, -0.05) is 61.5 Å². The molecule has 1 fully saturated rings. The highest BCUT2D eigenvalue weighted by atomic mass is 35.5. The number of nitrogens with one attached hydrogen (secondary N) is 2. The lowest BCUT2D eigenvalue weighted by Gasteiger charge is -2.14. The molecule has 0 radical (unpaired) electrons. The van der Waals surface area contributed by atoms with Crippen molar-refractivity contribution < 1.29 is 14.3 Å². The smallest absolute Gasteiger partial charge is 0.411 e. The highest BCUT2D eigenvalue weighted by molar-refractivity contribution is 6.05. The molecule has 0 unspecified atom stereocenters. The van der Waals surface area contributed by atoms with E-state index in [0.29, 0.717) is 11.3 Å². The Morgan fingerprint density at radius 2 is 1.73 bits per heavy atom. The molecule has 33 heavy (non-hydrogen) atoms. The van der Waals surface area contributed by atoms with Crippen molar-refractivity contribution in [1.29, 1.82) is 0 Å². The lowest BCUT2D eigenvalue weighted by Crippen LogP contribution is -2.23. The molecule has 4 rings (SSSR count). The van der Waals surface area contributed by atoms with Gasteiger partial charge in [0.1, 0.15) is 6.61 Å². The van der Waals surface area contributed by atoms with E-state index in [1.807, 2.05) is 54.6 Å². The summed E-state index contributed by atoms with van der Waals surface area (Å²) in [5.41, 5.74) is 9.85. The number of ether oxygens (including phenoxy) is 1. The second-order valence-electron chi connectivity index (χ2n) is 8.15. The van der Waals surface area contributed by atoms with E-state index in [1.54, 1.807) is 24.3 Å². The van der Waals surface area contributed by atoms with Crippen LogP contribution in [0.1, 0.15) is 47.2 Å². The molecule has 0 spiro atoms. The minimum atomic E-state index is -0.579. The molecule has 1 aliphatic rings. The lowest BCUT2D eigenvalue weighted by molar-refractivity contribution is 0.102. The molecule has 0 heterocycles. The predicted octanol–water partition coefficient (Wildman–Crippen LogP) is 5.70. The van der Waals surface area contributed by atoms with Crippen LogP contribution in [-0.4, -0.2) is 17.5 Å². The average Bonchev–Trinajstić information content (AvgIpc) is 3.50. The van der Waals surface area contributed by atoms with E-state index in [2.05, 4.69) is 17.6 Å². The Morgan fingerprint density at radius 1 is 1.00 bits per heavy atom. The van der Waals surface area contributed by atoms with E-state index in [9.17, 15) is 9.59 Å². The highest BCUT2D eigenvalue weighted by Crippen LogP contribution is 2.53. The first-order valence-corrected chi connectivity index (χ1v) is 10.8. The molecule has 172 valence electrons. The number of hydrogen-bond donors (Lipinski definition) is 3. The van der Waals surface area contributed by atoms with Gasteiger partial charge in [-0.05, 0) is 48.2 Å². The van der Waals surface area contributed by atoms with Crippen molar-refractivity contribution in [3.8, 4) is 0 Å². The fourth-order valence-electron chi connectivity index (χ4n) is 3.86. The quantitative estimate of drug-likeness (QED) is 0.417. The number of carbonyl (C=O) groups excluding carboxylic acids is 2. The maximum Gasteiger partial charge on any atom is 0.411 e.